The molecular weight excluding hydrogens is 328 g/mol. The fourth-order valence-corrected chi connectivity index (χ4v) is 3.61. The lowest BCUT2D eigenvalue weighted by Gasteiger charge is -2.36. The number of furan rings is 1. The van der Waals surface area contributed by atoms with Crippen LogP contribution in [-0.4, -0.2) is 42.1 Å². The van der Waals surface area contributed by atoms with E-state index >= 15 is 0 Å². The third-order valence-corrected chi connectivity index (χ3v) is 5.14. The van der Waals surface area contributed by atoms with Crippen LogP contribution in [0.15, 0.2) is 46.9 Å². The molecule has 1 fully saturated rings. The molecule has 1 aliphatic heterocycles. The number of rotatable bonds is 2. The highest BCUT2D eigenvalue weighted by molar-refractivity contribution is 5.99. The van der Waals surface area contributed by atoms with Crippen LogP contribution in [0, 0.1) is 13.8 Å². The predicted molar refractivity (Wildman–Crippen MR) is 102 cm³/mol. The zero-order valence-corrected chi connectivity index (χ0v) is 15.0. The fraction of sp³-hybridized carbons (Fsp3) is 0.286. The van der Waals surface area contributed by atoms with E-state index in [-0.39, 0.29) is 11.7 Å². The lowest BCUT2D eigenvalue weighted by Crippen LogP contribution is -2.48. The second-order valence-corrected chi connectivity index (χ2v) is 6.78. The van der Waals surface area contributed by atoms with Crippen LogP contribution >= 0.6 is 0 Å². The number of hydrogen-bond acceptors (Lipinski definition) is 4. The van der Waals surface area contributed by atoms with E-state index < -0.39 is 0 Å². The van der Waals surface area contributed by atoms with Gasteiger partial charge in [-0.1, -0.05) is 30.3 Å². The molecule has 134 valence electrons. The minimum absolute atomic E-state index is 0.0602. The molecule has 1 aromatic heterocycles. The van der Waals surface area contributed by atoms with Crippen LogP contribution in [0.5, 0.6) is 5.75 Å². The molecule has 5 nitrogen and oxygen atoms in total. The molecule has 0 unspecified atom stereocenters. The van der Waals surface area contributed by atoms with Gasteiger partial charge in [-0.25, -0.2) is 0 Å². The molecule has 26 heavy (non-hydrogen) atoms. The molecule has 5 heteroatoms. The highest BCUT2D eigenvalue weighted by Crippen LogP contribution is 2.30. The molecule has 1 saturated heterocycles. The van der Waals surface area contributed by atoms with Gasteiger partial charge in [-0.3, -0.25) is 4.79 Å². The summed E-state index contributed by atoms with van der Waals surface area (Å²) in [5.41, 5.74) is 3.54. The summed E-state index contributed by atoms with van der Waals surface area (Å²) in [6.45, 7) is 6.50. The molecule has 0 saturated carbocycles. The number of phenols is 1. The van der Waals surface area contributed by atoms with Crippen LogP contribution in [0.2, 0.25) is 0 Å². The highest BCUT2D eigenvalue weighted by atomic mass is 16.3. The van der Waals surface area contributed by atoms with Crippen LogP contribution in [0.4, 0.5) is 5.69 Å². The number of piperazine rings is 1. The predicted octanol–water partition coefficient (Wildman–Crippen LogP) is 3.72. The molecule has 1 amide bonds. The second kappa shape index (κ2) is 6.41. The summed E-state index contributed by atoms with van der Waals surface area (Å²) in [6, 6.07) is 13.3. The number of aryl methyl sites for hydroxylation is 2. The average Bonchev–Trinajstić information content (AvgIpc) is 3.00. The first-order valence-corrected chi connectivity index (χ1v) is 8.87. The Balaban J connectivity index is 1.53. The number of benzene rings is 2. The van der Waals surface area contributed by atoms with Crippen molar-refractivity contribution in [3.05, 3.63) is 59.4 Å². The molecule has 0 atom stereocenters. The molecule has 1 N–H and O–H groups in total. The first-order chi connectivity index (χ1) is 12.6. The van der Waals surface area contributed by atoms with Gasteiger partial charge in [-0.15, -0.1) is 0 Å². The lowest BCUT2D eigenvalue weighted by atomic mass is 10.1. The van der Waals surface area contributed by atoms with E-state index in [0.29, 0.717) is 31.9 Å². The summed E-state index contributed by atoms with van der Waals surface area (Å²) < 4.78 is 5.93. The smallest absolute Gasteiger partial charge is 0.290 e. The lowest BCUT2D eigenvalue weighted by molar-refractivity contribution is 0.0716. The average molecular weight is 350 g/mol. The molecule has 0 radical (unpaired) electrons. The second-order valence-electron chi connectivity index (χ2n) is 6.78. The number of carbonyl (C=O) groups excluding carboxylic acids is 1. The van der Waals surface area contributed by atoms with E-state index in [1.54, 1.807) is 6.07 Å². The normalized spacial score (nSPS) is 14.8. The molecule has 3 aromatic rings. The van der Waals surface area contributed by atoms with Crippen molar-refractivity contribution in [2.24, 2.45) is 0 Å². The topological polar surface area (TPSA) is 56.9 Å². The molecule has 4 rings (SSSR count). The van der Waals surface area contributed by atoms with Crippen molar-refractivity contribution in [1.29, 1.82) is 0 Å². The Morgan fingerprint density at radius 3 is 2.42 bits per heavy atom. The maximum Gasteiger partial charge on any atom is 0.290 e. The summed E-state index contributed by atoms with van der Waals surface area (Å²) in [7, 11) is 0. The SMILES string of the molecule is Cc1c(C(=O)N2CCN(c3ccccc3O)CC2)oc2c(C)cccc12. The zero-order valence-electron chi connectivity index (χ0n) is 15.0. The minimum Gasteiger partial charge on any atom is -0.506 e. The van der Waals surface area contributed by atoms with Crippen molar-refractivity contribution in [3.8, 4) is 5.75 Å². The number of nitrogens with zero attached hydrogens (tertiary/aromatic N) is 2. The Labute approximate surface area is 152 Å². The van der Waals surface area contributed by atoms with E-state index in [0.717, 1.165) is 27.8 Å². The van der Waals surface area contributed by atoms with Gasteiger partial charge in [0.15, 0.2) is 5.76 Å². The number of para-hydroxylation sites is 3. The van der Waals surface area contributed by atoms with Gasteiger partial charge in [0.05, 0.1) is 5.69 Å². The number of phenolic OH excluding ortho intramolecular Hbond substituents is 1. The summed E-state index contributed by atoms with van der Waals surface area (Å²) in [4.78, 5) is 16.9. The van der Waals surface area contributed by atoms with E-state index in [1.165, 1.54) is 0 Å². The van der Waals surface area contributed by atoms with Crippen molar-refractivity contribution < 1.29 is 14.3 Å². The number of hydrogen-bond donors (Lipinski definition) is 1. The summed E-state index contributed by atoms with van der Waals surface area (Å²) in [5.74, 6) is 0.649. The van der Waals surface area contributed by atoms with E-state index in [9.17, 15) is 9.90 Å². The van der Waals surface area contributed by atoms with Gasteiger partial charge in [0, 0.05) is 37.1 Å². The van der Waals surface area contributed by atoms with Crippen molar-refractivity contribution in [2.45, 2.75) is 13.8 Å². The Bertz CT molecular complexity index is 969. The first-order valence-electron chi connectivity index (χ1n) is 8.87. The maximum absolute atomic E-state index is 13.0. The van der Waals surface area contributed by atoms with Gasteiger partial charge < -0.3 is 19.3 Å². The van der Waals surface area contributed by atoms with Gasteiger partial charge in [-0.2, -0.15) is 0 Å². The number of anilines is 1. The number of amides is 1. The van der Waals surface area contributed by atoms with Gasteiger partial charge in [0.1, 0.15) is 11.3 Å². The Hall–Kier alpha value is -2.95. The quantitative estimate of drug-likeness (QED) is 0.765. The van der Waals surface area contributed by atoms with Gasteiger partial charge in [0.25, 0.3) is 5.91 Å². The minimum atomic E-state index is -0.0602. The maximum atomic E-state index is 13.0. The molecule has 2 heterocycles. The molecular formula is C21H22N2O3. The Morgan fingerprint density at radius 2 is 1.73 bits per heavy atom. The van der Waals surface area contributed by atoms with E-state index in [4.69, 9.17) is 4.42 Å². The van der Waals surface area contributed by atoms with Crippen LogP contribution in [0.3, 0.4) is 0 Å². The molecule has 1 aliphatic rings. The van der Waals surface area contributed by atoms with Crippen LogP contribution < -0.4 is 4.90 Å². The van der Waals surface area contributed by atoms with Crippen LogP contribution in [0.1, 0.15) is 21.7 Å². The van der Waals surface area contributed by atoms with Gasteiger partial charge in [-0.05, 0) is 31.5 Å². The monoisotopic (exact) mass is 350 g/mol. The number of fused-ring (bicyclic) bond motifs is 1. The van der Waals surface area contributed by atoms with Crippen molar-refractivity contribution in [2.75, 3.05) is 31.1 Å². The van der Waals surface area contributed by atoms with Crippen molar-refractivity contribution >= 4 is 22.6 Å². The summed E-state index contributed by atoms with van der Waals surface area (Å²) in [6.07, 6.45) is 0. The molecule has 0 spiro atoms. The summed E-state index contributed by atoms with van der Waals surface area (Å²) in [5, 5.41) is 11.0. The third kappa shape index (κ3) is 2.69. The fourth-order valence-electron chi connectivity index (χ4n) is 3.61. The third-order valence-electron chi connectivity index (χ3n) is 5.14. The molecule has 0 bridgehead atoms. The van der Waals surface area contributed by atoms with Gasteiger partial charge in [0.2, 0.25) is 0 Å². The Morgan fingerprint density at radius 1 is 1.00 bits per heavy atom. The van der Waals surface area contributed by atoms with Crippen LogP contribution in [-0.2, 0) is 0 Å². The van der Waals surface area contributed by atoms with Crippen molar-refractivity contribution in [3.63, 3.8) is 0 Å². The van der Waals surface area contributed by atoms with Crippen LogP contribution in [0.25, 0.3) is 11.0 Å². The molecule has 2 aromatic carbocycles. The van der Waals surface area contributed by atoms with E-state index in [2.05, 4.69) is 4.90 Å². The standard InChI is InChI=1S/C21H22N2O3/c1-14-6-5-7-16-15(2)20(26-19(14)16)21(25)23-12-10-22(11-13-23)17-8-3-4-9-18(17)24/h3-9,24H,10-13H2,1-2H3. The first kappa shape index (κ1) is 16.5. The highest BCUT2D eigenvalue weighted by Gasteiger charge is 2.27. The van der Waals surface area contributed by atoms with Gasteiger partial charge >= 0.3 is 0 Å². The summed E-state index contributed by atoms with van der Waals surface area (Å²) >= 11 is 0. The number of carbonyl (C=O) groups is 1. The zero-order chi connectivity index (χ0) is 18.3. The number of aromatic hydroxyl groups is 1. The van der Waals surface area contributed by atoms with Crippen molar-refractivity contribution in [1.82, 2.24) is 4.90 Å². The van der Waals surface area contributed by atoms with E-state index in [1.807, 2.05) is 55.1 Å². The molecule has 0 aliphatic carbocycles. The Kier molecular flexibility index (Phi) is 4.07. The largest absolute Gasteiger partial charge is 0.506 e.